The van der Waals surface area contributed by atoms with Crippen molar-refractivity contribution in [3.05, 3.63) is 34.9 Å². The van der Waals surface area contributed by atoms with Crippen molar-refractivity contribution in [3.63, 3.8) is 0 Å². The van der Waals surface area contributed by atoms with Crippen LogP contribution in [0.5, 0.6) is 0 Å². The van der Waals surface area contributed by atoms with Crippen LogP contribution in [0.2, 0.25) is 5.02 Å². The highest BCUT2D eigenvalue weighted by molar-refractivity contribution is 6.30. The Hall–Kier alpha value is -1.10. The Bertz CT molecular complexity index is 299. The molecule has 0 aliphatic carbocycles. The minimum Gasteiger partial charge on any atom is -0.316 e. The molecule has 0 heterocycles. The number of nitrogens with two attached hydrogens (primary N) is 2. The number of carbonyl (C=O) groups is 1. The lowest BCUT2D eigenvalue weighted by Gasteiger charge is -2.09. The number of hydrogen-bond donors (Lipinski definition) is 3. The number of amides is 1. The first kappa shape index (κ1) is 9.98. The van der Waals surface area contributed by atoms with Gasteiger partial charge in [-0.3, -0.25) is 10.2 Å². The van der Waals surface area contributed by atoms with E-state index < -0.39 is 11.9 Å². The normalized spacial score (nSPS) is 12.2. The first-order valence-electron chi connectivity index (χ1n) is 3.66. The summed E-state index contributed by atoms with van der Waals surface area (Å²) in [6.07, 6.45) is 0. The van der Waals surface area contributed by atoms with Gasteiger partial charge in [-0.05, 0) is 17.7 Å². The number of halogens is 1. The molecule has 1 aromatic carbocycles. The van der Waals surface area contributed by atoms with Crippen LogP contribution in [0.25, 0.3) is 0 Å². The molecule has 5 heteroatoms. The van der Waals surface area contributed by atoms with Crippen LogP contribution in [0.3, 0.4) is 0 Å². The van der Waals surface area contributed by atoms with Crippen molar-refractivity contribution in [1.82, 2.24) is 5.43 Å². The van der Waals surface area contributed by atoms with Gasteiger partial charge < -0.3 is 5.73 Å². The number of carbonyl (C=O) groups excluding carboxylic acids is 1. The first-order valence-corrected chi connectivity index (χ1v) is 4.04. The van der Waals surface area contributed by atoms with Gasteiger partial charge in [0.2, 0.25) is 0 Å². The SMILES string of the molecule is NNC(=O)C(N)c1ccc(Cl)cc1. The highest BCUT2D eigenvalue weighted by Gasteiger charge is 2.13. The number of nitrogens with one attached hydrogen (secondary N) is 1. The van der Waals surface area contributed by atoms with Crippen molar-refractivity contribution in [2.45, 2.75) is 6.04 Å². The van der Waals surface area contributed by atoms with E-state index in [0.717, 1.165) is 0 Å². The van der Waals surface area contributed by atoms with E-state index in [1.807, 2.05) is 5.43 Å². The summed E-state index contributed by atoms with van der Waals surface area (Å²) in [5.74, 6) is 4.51. The van der Waals surface area contributed by atoms with E-state index in [0.29, 0.717) is 10.6 Å². The highest BCUT2D eigenvalue weighted by Crippen LogP contribution is 2.14. The molecule has 0 bridgehead atoms. The summed E-state index contributed by atoms with van der Waals surface area (Å²) in [4.78, 5) is 11.0. The molecule has 5 N–H and O–H groups in total. The Morgan fingerprint density at radius 3 is 2.38 bits per heavy atom. The van der Waals surface area contributed by atoms with Gasteiger partial charge in [-0.25, -0.2) is 5.84 Å². The molecule has 1 rings (SSSR count). The minimum atomic E-state index is -0.748. The quantitative estimate of drug-likeness (QED) is 0.365. The van der Waals surface area contributed by atoms with Gasteiger partial charge >= 0.3 is 0 Å². The zero-order valence-corrected chi connectivity index (χ0v) is 7.58. The van der Waals surface area contributed by atoms with Crippen LogP contribution >= 0.6 is 11.6 Å². The molecule has 70 valence electrons. The van der Waals surface area contributed by atoms with E-state index in [9.17, 15) is 4.79 Å². The van der Waals surface area contributed by atoms with Crippen LogP contribution in [0.1, 0.15) is 11.6 Å². The molecule has 0 aromatic heterocycles. The Labute approximate surface area is 80.8 Å². The average molecular weight is 200 g/mol. The van der Waals surface area contributed by atoms with Crippen molar-refractivity contribution in [2.24, 2.45) is 11.6 Å². The fourth-order valence-corrected chi connectivity index (χ4v) is 1.04. The maximum Gasteiger partial charge on any atom is 0.255 e. The Morgan fingerprint density at radius 2 is 1.92 bits per heavy atom. The molecular weight excluding hydrogens is 190 g/mol. The lowest BCUT2D eigenvalue weighted by Crippen LogP contribution is -2.38. The van der Waals surface area contributed by atoms with Crippen LogP contribution in [0, 0.1) is 0 Å². The van der Waals surface area contributed by atoms with Crippen molar-refractivity contribution >= 4 is 17.5 Å². The van der Waals surface area contributed by atoms with Gasteiger partial charge in [-0.2, -0.15) is 0 Å². The van der Waals surface area contributed by atoms with Gasteiger partial charge in [0.05, 0.1) is 0 Å². The number of benzene rings is 1. The summed E-state index contributed by atoms with van der Waals surface area (Å²) >= 11 is 5.66. The molecule has 4 nitrogen and oxygen atoms in total. The summed E-state index contributed by atoms with van der Waals surface area (Å²) < 4.78 is 0. The van der Waals surface area contributed by atoms with Gasteiger partial charge in [-0.15, -0.1) is 0 Å². The lowest BCUT2D eigenvalue weighted by atomic mass is 10.1. The van der Waals surface area contributed by atoms with Crippen LogP contribution in [0.4, 0.5) is 0 Å². The van der Waals surface area contributed by atoms with Gasteiger partial charge in [0.1, 0.15) is 6.04 Å². The fraction of sp³-hybridized carbons (Fsp3) is 0.125. The molecule has 0 aliphatic heterocycles. The molecule has 1 amide bonds. The van der Waals surface area contributed by atoms with Crippen LogP contribution in [-0.2, 0) is 4.79 Å². The molecule has 1 unspecified atom stereocenters. The van der Waals surface area contributed by atoms with Gasteiger partial charge in [0.25, 0.3) is 5.91 Å². The Balaban J connectivity index is 2.83. The second-order valence-corrected chi connectivity index (χ2v) is 2.97. The third-order valence-corrected chi connectivity index (χ3v) is 1.91. The smallest absolute Gasteiger partial charge is 0.255 e. The monoisotopic (exact) mass is 199 g/mol. The largest absolute Gasteiger partial charge is 0.316 e. The maximum atomic E-state index is 11.0. The third kappa shape index (κ3) is 2.42. The summed E-state index contributed by atoms with van der Waals surface area (Å²) in [5, 5.41) is 0.601. The van der Waals surface area contributed by atoms with E-state index in [2.05, 4.69) is 0 Å². The van der Waals surface area contributed by atoms with E-state index in [4.69, 9.17) is 23.2 Å². The Kier molecular flexibility index (Phi) is 3.25. The lowest BCUT2D eigenvalue weighted by molar-refractivity contribution is -0.122. The fourth-order valence-electron chi connectivity index (χ4n) is 0.911. The zero-order valence-electron chi connectivity index (χ0n) is 6.83. The molecule has 0 radical (unpaired) electrons. The van der Waals surface area contributed by atoms with Gasteiger partial charge in [0.15, 0.2) is 0 Å². The molecule has 0 saturated heterocycles. The highest BCUT2D eigenvalue weighted by atomic mass is 35.5. The average Bonchev–Trinajstić information content (AvgIpc) is 2.17. The van der Waals surface area contributed by atoms with Crippen LogP contribution in [0.15, 0.2) is 24.3 Å². The molecule has 0 spiro atoms. The molecule has 0 saturated carbocycles. The predicted molar refractivity (Wildman–Crippen MR) is 50.7 cm³/mol. The van der Waals surface area contributed by atoms with Gasteiger partial charge in [0, 0.05) is 5.02 Å². The maximum absolute atomic E-state index is 11.0. The summed E-state index contributed by atoms with van der Waals surface area (Å²) in [7, 11) is 0. The van der Waals surface area contributed by atoms with Crippen molar-refractivity contribution in [1.29, 1.82) is 0 Å². The topological polar surface area (TPSA) is 81.1 Å². The first-order chi connectivity index (χ1) is 6.15. The number of rotatable bonds is 2. The Morgan fingerprint density at radius 1 is 1.38 bits per heavy atom. The van der Waals surface area contributed by atoms with Crippen LogP contribution < -0.4 is 17.0 Å². The van der Waals surface area contributed by atoms with Crippen LogP contribution in [-0.4, -0.2) is 5.91 Å². The zero-order chi connectivity index (χ0) is 9.84. The minimum absolute atomic E-state index is 0.428. The van der Waals surface area contributed by atoms with Crippen molar-refractivity contribution < 1.29 is 4.79 Å². The van der Waals surface area contributed by atoms with E-state index >= 15 is 0 Å². The molecule has 1 atom stereocenters. The molecule has 0 aliphatic rings. The summed E-state index contributed by atoms with van der Waals surface area (Å²) in [6, 6.07) is 5.95. The summed E-state index contributed by atoms with van der Waals surface area (Å²) in [6.45, 7) is 0. The standard InChI is InChI=1S/C8H10ClN3O/c9-6-3-1-5(2-4-6)7(10)8(13)12-11/h1-4,7H,10-11H2,(H,12,13). The van der Waals surface area contributed by atoms with E-state index in [-0.39, 0.29) is 0 Å². The summed E-state index contributed by atoms with van der Waals surface area (Å²) in [5.41, 5.74) is 8.22. The van der Waals surface area contributed by atoms with Gasteiger partial charge in [-0.1, -0.05) is 23.7 Å². The third-order valence-electron chi connectivity index (χ3n) is 1.65. The van der Waals surface area contributed by atoms with Crippen molar-refractivity contribution in [3.8, 4) is 0 Å². The molecule has 0 fully saturated rings. The van der Waals surface area contributed by atoms with E-state index in [1.165, 1.54) is 0 Å². The predicted octanol–water partition coefficient (Wildman–Crippen LogP) is 0.330. The van der Waals surface area contributed by atoms with Crippen molar-refractivity contribution in [2.75, 3.05) is 0 Å². The second-order valence-electron chi connectivity index (χ2n) is 2.54. The van der Waals surface area contributed by atoms with E-state index in [1.54, 1.807) is 24.3 Å². The molecular formula is C8H10ClN3O. The molecule has 13 heavy (non-hydrogen) atoms. The number of hydrogen-bond acceptors (Lipinski definition) is 3. The second kappa shape index (κ2) is 4.23. The molecule has 1 aromatic rings. The number of hydrazine groups is 1.